The fourth-order valence-electron chi connectivity index (χ4n) is 3.30. The fraction of sp³-hybridized carbons (Fsp3) is 0.550. The van der Waals surface area contributed by atoms with Crippen molar-refractivity contribution in [1.82, 2.24) is 15.6 Å². The minimum absolute atomic E-state index is 0. The molecule has 0 amide bonds. The Bertz CT molecular complexity index is 754. The number of nitrogens with zero attached hydrogens (tertiary/aromatic N) is 1. The Morgan fingerprint density at radius 2 is 2.07 bits per heavy atom. The summed E-state index contributed by atoms with van der Waals surface area (Å²) in [6.07, 6.45) is 4.28. The highest BCUT2D eigenvalue weighted by Gasteiger charge is 2.29. The van der Waals surface area contributed by atoms with Crippen LogP contribution in [0.1, 0.15) is 30.9 Å². The van der Waals surface area contributed by atoms with Crippen molar-refractivity contribution in [3.63, 3.8) is 0 Å². The van der Waals surface area contributed by atoms with Gasteiger partial charge in [0.15, 0.2) is 5.96 Å². The van der Waals surface area contributed by atoms with E-state index in [0.29, 0.717) is 32.6 Å². The van der Waals surface area contributed by atoms with Gasteiger partial charge in [-0.2, -0.15) is 0 Å². The van der Waals surface area contributed by atoms with E-state index < -0.39 is 5.60 Å². The summed E-state index contributed by atoms with van der Waals surface area (Å²) >= 11 is 0. The number of hydrogen-bond acceptors (Lipinski definition) is 3. The van der Waals surface area contributed by atoms with E-state index in [2.05, 4.69) is 51.9 Å². The van der Waals surface area contributed by atoms with Crippen LogP contribution in [0.4, 0.5) is 0 Å². The molecule has 0 saturated carbocycles. The van der Waals surface area contributed by atoms with Gasteiger partial charge in [-0.15, -0.1) is 24.0 Å². The first-order chi connectivity index (χ1) is 12.6. The fourth-order valence-corrected chi connectivity index (χ4v) is 3.30. The molecular weight excluding hydrogens is 455 g/mol. The normalized spacial score (nSPS) is 16.8. The number of ether oxygens (including phenoxy) is 1. The molecule has 1 aliphatic heterocycles. The second-order valence-electron chi connectivity index (χ2n) is 7.07. The lowest BCUT2D eigenvalue weighted by molar-refractivity contribution is -0.0565. The Morgan fingerprint density at radius 3 is 2.81 bits per heavy atom. The molecule has 1 aromatic carbocycles. The van der Waals surface area contributed by atoms with E-state index in [1.165, 1.54) is 22.0 Å². The molecule has 2 heterocycles. The molecule has 150 valence electrons. The molecule has 27 heavy (non-hydrogen) atoms. The first kappa shape index (κ1) is 22.0. The van der Waals surface area contributed by atoms with Crippen LogP contribution in [0.25, 0.3) is 10.9 Å². The highest BCUT2D eigenvalue weighted by Crippen LogP contribution is 2.21. The van der Waals surface area contributed by atoms with E-state index >= 15 is 0 Å². The number of halogens is 1. The third-order valence-electron chi connectivity index (χ3n) is 4.91. The molecule has 2 aromatic rings. The second-order valence-corrected chi connectivity index (χ2v) is 7.07. The number of aryl methyl sites for hydroxylation is 1. The van der Waals surface area contributed by atoms with Gasteiger partial charge < -0.3 is 25.5 Å². The van der Waals surface area contributed by atoms with E-state index in [4.69, 9.17) is 4.74 Å². The van der Waals surface area contributed by atoms with Gasteiger partial charge in [-0.3, -0.25) is 4.99 Å². The number of aromatic amines is 1. The monoisotopic (exact) mass is 486 g/mol. The van der Waals surface area contributed by atoms with Gasteiger partial charge in [0.1, 0.15) is 0 Å². The Hall–Kier alpha value is -1.32. The van der Waals surface area contributed by atoms with Crippen molar-refractivity contribution in [1.29, 1.82) is 0 Å². The van der Waals surface area contributed by atoms with Crippen molar-refractivity contribution in [2.45, 2.75) is 38.7 Å². The van der Waals surface area contributed by atoms with E-state index in [1.807, 2.05) is 6.92 Å². The summed E-state index contributed by atoms with van der Waals surface area (Å²) in [5.74, 6) is 0.753. The molecule has 0 atom stereocenters. The molecule has 3 rings (SSSR count). The van der Waals surface area contributed by atoms with E-state index in [-0.39, 0.29) is 24.0 Å². The lowest BCUT2D eigenvalue weighted by Crippen LogP contribution is -2.43. The zero-order chi connectivity index (χ0) is 18.4. The van der Waals surface area contributed by atoms with Gasteiger partial charge in [0, 0.05) is 56.2 Å². The van der Waals surface area contributed by atoms with Gasteiger partial charge in [0.2, 0.25) is 0 Å². The summed E-state index contributed by atoms with van der Waals surface area (Å²) in [4.78, 5) is 7.93. The van der Waals surface area contributed by atoms with E-state index in [9.17, 15) is 5.11 Å². The molecule has 6 nitrogen and oxygen atoms in total. The minimum Gasteiger partial charge on any atom is -0.388 e. The molecular formula is C20H31IN4O2. The molecule has 0 aliphatic carbocycles. The predicted octanol–water partition coefficient (Wildman–Crippen LogP) is 2.73. The number of aliphatic hydroxyl groups is 1. The van der Waals surface area contributed by atoms with Crippen molar-refractivity contribution >= 4 is 40.8 Å². The van der Waals surface area contributed by atoms with Crippen molar-refractivity contribution < 1.29 is 9.84 Å². The molecule has 0 bridgehead atoms. The number of aromatic nitrogens is 1. The van der Waals surface area contributed by atoms with Crippen LogP contribution in [-0.4, -0.2) is 54.5 Å². The van der Waals surface area contributed by atoms with E-state index in [0.717, 1.165) is 25.5 Å². The third kappa shape index (κ3) is 6.08. The molecule has 1 fully saturated rings. The maximum atomic E-state index is 10.6. The van der Waals surface area contributed by atoms with Crippen LogP contribution < -0.4 is 10.6 Å². The lowest BCUT2D eigenvalue weighted by atomic mass is 9.95. The highest BCUT2D eigenvalue weighted by molar-refractivity contribution is 14.0. The first-order valence-corrected chi connectivity index (χ1v) is 9.48. The molecule has 1 saturated heterocycles. The molecule has 7 heteroatoms. The van der Waals surface area contributed by atoms with Crippen LogP contribution in [0.5, 0.6) is 0 Å². The SMILES string of the molecule is CCNC(=NCC1(O)CCOCC1)NCCc1c[nH]c2cc(C)ccc12.I. The molecule has 1 aromatic heterocycles. The van der Waals surface area contributed by atoms with Gasteiger partial charge in [0.05, 0.1) is 12.1 Å². The third-order valence-corrected chi connectivity index (χ3v) is 4.91. The van der Waals surface area contributed by atoms with Crippen LogP contribution in [0.15, 0.2) is 29.4 Å². The summed E-state index contributed by atoms with van der Waals surface area (Å²) in [5, 5.41) is 18.5. The van der Waals surface area contributed by atoms with Gasteiger partial charge in [-0.05, 0) is 37.5 Å². The Labute approximate surface area is 178 Å². The van der Waals surface area contributed by atoms with Gasteiger partial charge >= 0.3 is 0 Å². The Balaban J connectivity index is 0.00000261. The Morgan fingerprint density at radius 1 is 1.30 bits per heavy atom. The summed E-state index contributed by atoms with van der Waals surface area (Å²) in [7, 11) is 0. The standard InChI is InChI=1S/C20H30N4O2.HI/c1-3-21-19(24-14-20(25)7-10-26-11-8-20)22-9-6-16-13-23-18-12-15(2)4-5-17(16)18;/h4-5,12-13,23,25H,3,6-11,14H2,1-2H3,(H2,21,22,24);1H. The zero-order valence-electron chi connectivity index (χ0n) is 16.2. The number of fused-ring (bicyclic) bond motifs is 1. The molecule has 0 spiro atoms. The number of benzene rings is 1. The van der Waals surface area contributed by atoms with Crippen LogP contribution in [0, 0.1) is 6.92 Å². The number of guanidine groups is 1. The van der Waals surface area contributed by atoms with Crippen molar-refractivity contribution in [2.24, 2.45) is 4.99 Å². The predicted molar refractivity (Wildman–Crippen MR) is 121 cm³/mol. The van der Waals surface area contributed by atoms with Crippen molar-refractivity contribution in [3.05, 3.63) is 35.5 Å². The van der Waals surface area contributed by atoms with E-state index in [1.54, 1.807) is 0 Å². The Kier molecular flexibility index (Phi) is 8.37. The van der Waals surface area contributed by atoms with Crippen molar-refractivity contribution in [3.8, 4) is 0 Å². The molecule has 0 radical (unpaired) electrons. The maximum Gasteiger partial charge on any atom is 0.191 e. The molecule has 1 aliphatic rings. The average molecular weight is 486 g/mol. The topological polar surface area (TPSA) is 81.7 Å². The first-order valence-electron chi connectivity index (χ1n) is 9.48. The molecule has 4 N–H and O–H groups in total. The number of rotatable bonds is 6. The average Bonchev–Trinajstić information content (AvgIpc) is 3.02. The molecule has 0 unspecified atom stereocenters. The lowest BCUT2D eigenvalue weighted by Gasteiger charge is -2.30. The van der Waals surface area contributed by atoms with Gasteiger partial charge in [-0.1, -0.05) is 12.1 Å². The van der Waals surface area contributed by atoms with Crippen LogP contribution >= 0.6 is 24.0 Å². The summed E-state index contributed by atoms with van der Waals surface area (Å²) in [6, 6.07) is 6.50. The largest absolute Gasteiger partial charge is 0.388 e. The summed E-state index contributed by atoms with van der Waals surface area (Å²) < 4.78 is 5.33. The summed E-state index contributed by atoms with van der Waals surface area (Å²) in [5.41, 5.74) is 3.00. The second kappa shape index (κ2) is 10.3. The number of aliphatic imine (C=N–C) groups is 1. The highest BCUT2D eigenvalue weighted by atomic mass is 127. The maximum absolute atomic E-state index is 10.6. The van der Waals surface area contributed by atoms with Crippen LogP contribution in [0.3, 0.4) is 0 Å². The van der Waals surface area contributed by atoms with Gasteiger partial charge in [-0.25, -0.2) is 0 Å². The number of nitrogens with one attached hydrogen (secondary N) is 3. The number of hydrogen-bond donors (Lipinski definition) is 4. The summed E-state index contributed by atoms with van der Waals surface area (Å²) in [6.45, 7) is 7.34. The minimum atomic E-state index is -0.741. The van der Waals surface area contributed by atoms with Crippen molar-refractivity contribution in [2.75, 3.05) is 32.8 Å². The smallest absolute Gasteiger partial charge is 0.191 e. The number of H-pyrrole nitrogens is 1. The van der Waals surface area contributed by atoms with Crippen LogP contribution in [-0.2, 0) is 11.2 Å². The quantitative estimate of drug-likeness (QED) is 0.288. The zero-order valence-corrected chi connectivity index (χ0v) is 18.5. The van der Waals surface area contributed by atoms with Gasteiger partial charge in [0.25, 0.3) is 0 Å². The van der Waals surface area contributed by atoms with Crippen LogP contribution in [0.2, 0.25) is 0 Å².